The molecule has 8 heteroatoms. The number of rotatable bonds is 3. The Labute approximate surface area is 142 Å². The van der Waals surface area contributed by atoms with Gasteiger partial charge in [-0.3, -0.25) is 4.72 Å². The molecule has 0 bridgehead atoms. The predicted octanol–water partition coefficient (Wildman–Crippen LogP) is 4.36. The van der Waals surface area contributed by atoms with Gasteiger partial charge in [0.1, 0.15) is 4.90 Å². The number of nitrogens with one attached hydrogen (secondary N) is 1. The van der Waals surface area contributed by atoms with Gasteiger partial charge in [0.2, 0.25) is 0 Å². The van der Waals surface area contributed by atoms with Crippen molar-refractivity contribution in [1.29, 1.82) is 0 Å². The van der Waals surface area contributed by atoms with Crippen LogP contribution >= 0.6 is 47.8 Å². The molecule has 0 unspecified atom stereocenters. The molecule has 0 fully saturated rings. The molecule has 4 nitrogen and oxygen atoms in total. The first-order valence-electron chi connectivity index (χ1n) is 5.32. The largest absolute Gasteiger partial charge is 0.399 e. The fourth-order valence-corrected chi connectivity index (χ4v) is 4.55. The Bertz CT molecular complexity index is 763. The van der Waals surface area contributed by atoms with Crippen LogP contribution in [0.2, 0.25) is 0 Å². The average Bonchev–Trinajstić information content (AvgIpc) is 2.36. The molecule has 0 aromatic heterocycles. The summed E-state index contributed by atoms with van der Waals surface area (Å²) < 4.78 is 29.1. The topological polar surface area (TPSA) is 72.2 Å². The van der Waals surface area contributed by atoms with E-state index < -0.39 is 10.0 Å². The Morgan fingerprint density at radius 3 is 2.30 bits per heavy atom. The summed E-state index contributed by atoms with van der Waals surface area (Å²) in [7, 11) is -3.72. The van der Waals surface area contributed by atoms with Gasteiger partial charge >= 0.3 is 0 Å². The lowest BCUT2D eigenvalue weighted by Gasteiger charge is -2.12. The first-order valence-corrected chi connectivity index (χ1v) is 9.19. The van der Waals surface area contributed by atoms with E-state index in [1.165, 1.54) is 6.07 Å². The average molecular weight is 485 g/mol. The SMILES string of the molecule is Nc1ccc(Br)c(NS(=O)(=O)c2cc(Br)ccc2Br)c1. The van der Waals surface area contributed by atoms with Gasteiger partial charge in [0.05, 0.1) is 5.69 Å². The summed E-state index contributed by atoms with van der Waals surface area (Å²) in [4.78, 5) is 0.140. The molecule has 0 amide bonds. The lowest BCUT2D eigenvalue weighted by Crippen LogP contribution is -2.14. The quantitative estimate of drug-likeness (QED) is 0.636. The molecule has 3 N–H and O–H groups in total. The molecule has 2 aromatic carbocycles. The summed E-state index contributed by atoms with van der Waals surface area (Å²) in [6.07, 6.45) is 0. The summed E-state index contributed by atoms with van der Waals surface area (Å²) in [5, 5.41) is 0. The Morgan fingerprint density at radius 2 is 1.60 bits per heavy atom. The number of hydrogen-bond donors (Lipinski definition) is 2. The van der Waals surface area contributed by atoms with E-state index >= 15 is 0 Å². The van der Waals surface area contributed by atoms with Crippen molar-refractivity contribution < 1.29 is 8.42 Å². The van der Waals surface area contributed by atoms with Crippen LogP contribution in [0.15, 0.2) is 54.7 Å². The number of benzene rings is 2. The second-order valence-electron chi connectivity index (χ2n) is 3.92. The highest BCUT2D eigenvalue weighted by Gasteiger charge is 2.19. The van der Waals surface area contributed by atoms with Crippen molar-refractivity contribution in [3.05, 3.63) is 49.8 Å². The second-order valence-corrected chi connectivity index (χ2v) is 8.19. The lowest BCUT2D eigenvalue weighted by molar-refractivity contribution is 0.600. The Hall–Kier alpha value is -0.570. The normalized spacial score (nSPS) is 11.3. The van der Waals surface area contributed by atoms with Crippen LogP contribution in [0.3, 0.4) is 0 Å². The van der Waals surface area contributed by atoms with E-state index in [2.05, 4.69) is 52.5 Å². The summed E-state index contributed by atoms with van der Waals surface area (Å²) in [5.74, 6) is 0. The molecule has 0 atom stereocenters. The van der Waals surface area contributed by atoms with Gasteiger partial charge < -0.3 is 5.73 Å². The van der Waals surface area contributed by atoms with E-state index in [0.29, 0.717) is 24.8 Å². The standard InChI is InChI=1S/C12H9Br3N2O2S/c13-7-1-3-10(15)12(5-7)20(18,19)17-11-6-8(16)2-4-9(11)14/h1-6,17H,16H2. The number of sulfonamides is 1. The van der Waals surface area contributed by atoms with Crippen LogP contribution < -0.4 is 10.5 Å². The van der Waals surface area contributed by atoms with Gasteiger partial charge in [-0.25, -0.2) is 8.42 Å². The highest BCUT2D eigenvalue weighted by atomic mass is 79.9. The van der Waals surface area contributed by atoms with E-state index in [1.54, 1.807) is 30.3 Å². The summed E-state index contributed by atoms with van der Waals surface area (Å²) in [6, 6.07) is 9.84. The zero-order valence-corrected chi connectivity index (χ0v) is 15.5. The van der Waals surface area contributed by atoms with Gasteiger partial charge in [0.15, 0.2) is 0 Å². The van der Waals surface area contributed by atoms with Crippen LogP contribution in [0.25, 0.3) is 0 Å². The van der Waals surface area contributed by atoms with Crippen molar-refractivity contribution in [3.8, 4) is 0 Å². The van der Waals surface area contributed by atoms with Gasteiger partial charge in [0.25, 0.3) is 10.0 Å². The van der Waals surface area contributed by atoms with Crippen molar-refractivity contribution in [3.63, 3.8) is 0 Å². The van der Waals surface area contributed by atoms with Gasteiger partial charge in [-0.1, -0.05) is 15.9 Å². The first-order chi connectivity index (χ1) is 9.29. The van der Waals surface area contributed by atoms with Crippen LogP contribution in [-0.4, -0.2) is 8.42 Å². The maximum absolute atomic E-state index is 12.4. The maximum Gasteiger partial charge on any atom is 0.263 e. The number of anilines is 2. The van der Waals surface area contributed by atoms with Crippen molar-refractivity contribution in [2.75, 3.05) is 10.5 Å². The van der Waals surface area contributed by atoms with Gasteiger partial charge in [-0.05, 0) is 68.3 Å². The summed E-state index contributed by atoms with van der Waals surface area (Å²) >= 11 is 9.78. The molecule has 0 radical (unpaired) electrons. The minimum atomic E-state index is -3.72. The van der Waals surface area contributed by atoms with E-state index in [-0.39, 0.29) is 4.90 Å². The Kier molecular flexibility index (Phi) is 4.78. The fourth-order valence-electron chi connectivity index (χ4n) is 1.50. The highest BCUT2D eigenvalue weighted by molar-refractivity contribution is 9.11. The summed E-state index contributed by atoms with van der Waals surface area (Å²) in [6.45, 7) is 0. The minimum Gasteiger partial charge on any atom is -0.399 e. The number of nitrogen functional groups attached to an aromatic ring is 1. The zero-order valence-electron chi connectivity index (χ0n) is 9.90. The third-order valence-corrected chi connectivity index (χ3v) is 5.96. The number of nitrogens with two attached hydrogens (primary N) is 1. The van der Waals surface area contributed by atoms with Gasteiger partial charge in [-0.15, -0.1) is 0 Å². The van der Waals surface area contributed by atoms with E-state index in [9.17, 15) is 8.42 Å². The van der Waals surface area contributed by atoms with Crippen LogP contribution in [-0.2, 0) is 10.0 Å². The van der Waals surface area contributed by atoms with Crippen molar-refractivity contribution in [1.82, 2.24) is 0 Å². The van der Waals surface area contributed by atoms with Crippen molar-refractivity contribution in [2.24, 2.45) is 0 Å². The smallest absolute Gasteiger partial charge is 0.263 e. The molecular weight excluding hydrogens is 476 g/mol. The highest BCUT2D eigenvalue weighted by Crippen LogP contribution is 2.30. The third kappa shape index (κ3) is 3.55. The molecule has 20 heavy (non-hydrogen) atoms. The maximum atomic E-state index is 12.4. The molecule has 0 heterocycles. The summed E-state index contributed by atoms with van der Waals surface area (Å²) in [5.41, 5.74) is 6.52. The van der Waals surface area contributed by atoms with E-state index in [4.69, 9.17) is 5.73 Å². The molecule has 0 saturated carbocycles. The third-order valence-electron chi connectivity index (χ3n) is 2.42. The van der Waals surface area contributed by atoms with Crippen molar-refractivity contribution in [2.45, 2.75) is 4.90 Å². The fraction of sp³-hybridized carbons (Fsp3) is 0. The van der Waals surface area contributed by atoms with E-state index in [1.807, 2.05) is 0 Å². The minimum absolute atomic E-state index is 0.140. The second kappa shape index (κ2) is 6.05. The Balaban J connectivity index is 2.46. The van der Waals surface area contributed by atoms with E-state index in [0.717, 1.165) is 0 Å². The Morgan fingerprint density at radius 1 is 0.950 bits per heavy atom. The molecule has 0 saturated heterocycles. The molecule has 2 rings (SSSR count). The predicted molar refractivity (Wildman–Crippen MR) is 91.2 cm³/mol. The van der Waals surface area contributed by atoms with Gasteiger partial charge in [-0.2, -0.15) is 0 Å². The zero-order chi connectivity index (χ0) is 14.9. The van der Waals surface area contributed by atoms with Crippen LogP contribution in [0.4, 0.5) is 11.4 Å². The molecule has 0 aliphatic heterocycles. The lowest BCUT2D eigenvalue weighted by atomic mass is 10.3. The first kappa shape index (κ1) is 15.8. The number of halogens is 3. The molecule has 2 aromatic rings. The van der Waals surface area contributed by atoms with Crippen LogP contribution in [0.5, 0.6) is 0 Å². The van der Waals surface area contributed by atoms with Crippen LogP contribution in [0.1, 0.15) is 0 Å². The monoisotopic (exact) mass is 482 g/mol. The molecular formula is C12H9Br3N2O2S. The van der Waals surface area contributed by atoms with Crippen LogP contribution in [0, 0.1) is 0 Å². The van der Waals surface area contributed by atoms with Crippen molar-refractivity contribution >= 4 is 69.2 Å². The molecule has 0 aliphatic carbocycles. The molecule has 106 valence electrons. The number of hydrogen-bond acceptors (Lipinski definition) is 3. The molecule has 0 aliphatic rings. The van der Waals surface area contributed by atoms with Gasteiger partial charge in [0, 0.05) is 19.1 Å². The molecule has 0 spiro atoms.